The lowest BCUT2D eigenvalue weighted by Crippen LogP contribution is -2.84. The molecule has 3 aliphatic rings. The van der Waals surface area contributed by atoms with Gasteiger partial charge in [0.2, 0.25) is 5.91 Å². The lowest BCUT2D eigenvalue weighted by Gasteiger charge is -2.70. The molecule has 2 aromatic carbocycles. The van der Waals surface area contributed by atoms with Gasteiger partial charge in [-0.25, -0.2) is 4.39 Å². The highest BCUT2D eigenvalue weighted by molar-refractivity contribution is 6.31. The average Bonchev–Trinajstić information content (AvgIpc) is 2.72. The Hall–Kier alpha value is -2.55. The molecule has 0 aliphatic heterocycles. The van der Waals surface area contributed by atoms with Crippen LogP contribution in [-0.2, 0) is 9.59 Å². The second-order valence-corrected chi connectivity index (χ2v) is 9.52. The molecule has 2 bridgehead atoms. The molecule has 3 aliphatic carbocycles. The van der Waals surface area contributed by atoms with Crippen molar-refractivity contribution in [2.75, 3.05) is 31.2 Å². The first-order valence-corrected chi connectivity index (χ1v) is 11.3. The maximum Gasteiger partial charge on any atom is 0.258 e. The summed E-state index contributed by atoms with van der Waals surface area (Å²) in [5.74, 6) is -0.838. The lowest BCUT2D eigenvalue weighted by molar-refractivity contribution is -0.149. The predicted molar refractivity (Wildman–Crippen MR) is 123 cm³/mol. The first kappa shape index (κ1) is 23.6. The van der Waals surface area contributed by atoms with Crippen LogP contribution in [0.2, 0.25) is 10.0 Å². The van der Waals surface area contributed by atoms with Gasteiger partial charge in [-0.3, -0.25) is 9.59 Å². The molecule has 7 nitrogen and oxygen atoms in total. The minimum atomic E-state index is -0.611. The molecule has 33 heavy (non-hydrogen) atoms. The molecule has 176 valence electrons. The SMILES string of the molecule is O=C(COc1ccc(Cl)c(F)c1)NC12CC(NC(=O)CN(CCO)c3ccc(Cl)cc3)(C1)C2. The van der Waals surface area contributed by atoms with E-state index in [1.54, 1.807) is 29.2 Å². The Balaban J connectivity index is 1.22. The monoisotopic (exact) mass is 495 g/mol. The standard InChI is InChI=1S/C23H24Cl2FN3O4/c24-15-1-3-16(4-2-15)29(7-8-30)10-20(31)27-22-12-23(13-22,14-22)28-21(32)11-33-17-5-6-18(25)19(26)9-17/h1-6,9,30H,7-8,10-14H2,(H,27,31)(H,28,32). The number of rotatable bonds is 10. The highest BCUT2D eigenvalue weighted by Crippen LogP contribution is 2.60. The van der Waals surface area contributed by atoms with Crippen molar-refractivity contribution < 1.29 is 23.8 Å². The maximum atomic E-state index is 13.5. The average molecular weight is 496 g/mol. The van der Waals surface area contributed by atoms with Crippen molar-refractivity contribution in [2.24, 2.45) is 0 Å². The minimum absolute atomic E-state index is 0.0133. The number of halogens is 3. The first-order valence-electron chi connectivity index (χ1n) is 10.5. The molecular formula is C23H24Cl2FN3O4. The Kier molecular flexibility index (Phi) is 6.70. The van der Waals surface area contributed by atoms with Crippen molar-refractivity contribution >= 4 is 40.7 Å². The number of anilines is 1. The summed E-state index contributed by atoms with van der Waals surface area (Å²) in [5, 5.41) is 16.0. The zero-order chi connectivity index (χ0) is 23.6. The van der Waals surface area contributed by atoms with E-state index in [2.05, 4.69) is 10.6 Å². The largest absolute Gasteiger partial charge is 0.484 e. The van der Waals surface area contributed by atoms with Crippen LogP contribution < -0.4 is 20.3 Å². The number of nitrogens with zero attached hydrogens (tertiary/aromatic N) is 1. The number of benzene rings is 2. The molecule has 0 spiro atoms. The summed E-state index contributed by atoms with van der Waals surface area (Å²) in [7, 11) is 0. The summed E-state index contributed by atoms with van der Waals surface area (Å²) in [4.78, 5) is 26.7. The molecule has 0 unspecified atom stereocenters. The Labute approximate surface area is 200 Å². The van der Waals surface area contributed by atoms with Crippen LogP contribution in [0.3, 0.4) is 0 Å². The van der Waals surface area contributed by atoms with E-state index in [9.17, 15) is 19.1 Å². The number of carbonyl (C=O) groups excluding carboxylic acids is 2. The number of hydrogen-bond acceptors (Lipinski definition) is 5. The second-order valence-electron chi connectivity index (χ2n) is 8.67. The van der Waals surface area contributed by atoms with E-state index < -0.39 is 5.82 Å². The quantitative estimate of drug-likeness (QED) is 0.471. The Morgan fingerprint density at radius 1 is 1.03 bits per heavy atom. The van der Waals surface area contributed by atoms with Gasteiger partial charge in [-0.15, -0.1) is 0 Å². The zero-order valence-corrected chi connectivity index (χ0v) is 19.3. The van der Waals surface area contributed by atoms with Gasteiger partial charge in [-0.2, -0.15) is 0 Å². The summed E-state index contributed by atoms with van der Waals surface area (Å²) in [6.07, 6.45) is 1.94. The molecule has 3 N–H and O–H groups in total. The first-order chi connectivity index (χ1) is 15.7. The van der Waals surface area contributed by atoms with Crippen molar-refractivity contribution in [3.63, 3.8) is 0 Å². The molecule has 0 radical (unpaired) electrons. The van der Waals surface area contributed by atoms with Crippen molar-refractivity contribution in [1.82, 2.24) is 10.6 Å². The van der Waals surface area contributed by atoms with E-state index in [1.807, 2.05) is 0 Å². The highest BCUT2D eigenvalue weighted by Gasteiger charge is 2.69. The normalized spacial score (nSPS) is 22.5. The number of aliphatic hydroxyl groups excluding tert-OH is 1. The Morgan fingerprint density at radius 2 is 1.67 bits per heavy atom. The fourth-order valence-corrected chi connectivity index (χ4v) is 4.92. The Morgan fingerprint density at radius 3 is 2.27 bits per heavy atom. The number of nitrogens with one attached hydrogen (secondary N) is 2. The van der Waals surface area contributed by atoms with Crippen LogP contribution in [0.25, 0.3) is 0 Å². The van der Waals surface area contributed by atoms with Gasteiger partial charge in [0.15, 0.2) is 6.61 Å². The van der Waals surface area contributed by atoms with Crippen LogP contribution >= 0.6 is 23.2 Å². The third kappa shape index (κ3) is 5.34. The van der Waals surface area contributed by atoms with E-state index in [0.717, 1.165) is 11.8 Å². The molecule has 0 aromatic heterocycles. The van der Waals surface area contributed by atoms with Crippen molar-refractivity contribution in [2.45, 2.75) is 30.3 Å². The van der Waals surface area contributed by atoms with Gasteiger partial charge in [0.25, 0.3) is 5.91 Å². The van der Waals surface area contributed by atoms with Gasteiger partial charge < -0.3 is 25.4 Å². The number of amides is 2. The van der Waals surface area contributed by atoms with Crippen LogP contribution in [0.4, 0.5) is 10.1 Å². The predicted octanol–water partition coefficient (Wildman–Crippen LogP) is 2.92. The van der Waals surface area contributed by atoms with Crippen LogP contribution in [0, 0.1) is 5.82 Å². The molecule has 3 fully saturated rings. The maximum absolute atomic E-state index is 13.5. The fourth-order valence-electron chi connectivity index (χ4n) is 4.68. The van der Waals surface area contributed by atoms with Crippen LogP contribution in [-0.4, -0.2) is 54.3 Å². The second kappa shape index (κ2) is 9.37. The number of carbonyl (C=O) groups is 2. The highest BCUT2D eigenvalue weighted by atomic mass is 35.5. The molecule has 5 rings (SSSR count). The number of hydrogen-bond donors (Lipinski definition) is 3. The van der Waals surface area contributed by atoms with Crippen LogP contribution in [0.15, 0.2) is 42.5 Å². The molecule has 0 saturated heterocycles. The number of aliphatic hydroxyl groups is 1. The van der Waals surface area contributed by atoms with E-state index in [4.69, 9.17) is 27.9 Å². The van der Waals surface area contributed by atoms with Gasteiger partial charge in [0.05, 0.1) is 18.2 Å². The van der Waals surface area contributed by atoms with Gasteiger partial charge in [0, 0.05) is 34.4 Å². The van der Waals surface area contributed by atoms with E-state index in [-0.39, 0.29) is 53.4 Å². The molecule has 3 saturated carbocycles. The smallest absolute Gasteiger partial charge is 0.258 e. The van der Waals surface area contributed by atoms with Gasteiger partial charge in [-0.1, -0.05) is 23.2 Å². The van der Waals surface area contributed by atoms with E-state index in [1.165, 1.54) is 12.1 Å². The summed E-state index contributed by atoms with van der Waals surface area (Å²) >= 11 is 11.6. The van der Waals surface area contributed by atoms with Gasteiger partial charge >= 0.3 is 0 Å². The summed E-state index contributed by atoms with van der Waals surface area (Å²) in [5.41, 5.74) is 0.153. The van der Waals surface area contributed by atoms with Crippen molar-refractivity contribution in [3.05, 3.63) is 58.3 Å². The summed E-state index contributed by atoms with van der Waals surface area (Å²) in [6, 6.07) is 11.1. The van der Waals surface area contributed by atoms with E-state index in [0.29, 0.717) is 30.8 Å². The Bertz CT molecular complexity index is 1030. The third-order valence-electron chi connectivity index (χ3n) is 6.00. The van der Waals surface area contributed by atoms with Gasteiger partial charge in [-0.05, 0) is 55.7 Å². The molecule has 2 aromatic rings. The van der Waals surface area contributed by atoms with Crippen molar-refractivity contribution in [3.8, 4) is 5.75 Å². The molecule has 10 heteroatoms. The minimum Gasteiger partial charge on any atom is -0.484 e. The molecule has 0 heterocycles. The third-order valence-corrected chi connectivity index (χ3v) is 6.56. The molecular weight excluding hydrogens is 472 g/mol. The number of ether oxygens (including phenoxy) is 1. The van der Waals surface area contributed by atoms with Crippen LogP contribution in [0.5, 0.6) is 5.75 Å². The van der Waals surface area contributed by atoms with Crippen LogP contribution in [0.1, 0.15) is 19.3 Å². The topological polar surface area (TPSA) is 90.9 Å². The summed E-state index contributed by atoms with van der Waals surface area (Å²) < 4.78 is 18.8. The van der Waals surface area contributed by atoms with E-state index >= 15 is 0 Å². The van der Waals surface area contributed by atoms with Gasteiger partial charge in [0.1, 0.15) is 11.6 Å². The zero-order valence-electron chi connectivity index (χ0n) is 17.7. The molecule has 0 atom stereocenters. The molecule has 2 amide bonds. The van der Waals surface area contributed by atoms with Crippen molar-refractivity contribution in [1.29, 1.82) is 0 Å². The lowest BCUT2D eigenvalue weighted by atomic mass is 9.44. The fraction of sp³-hybridized carbons (Fsp3) is 0.391. The summed E-state index contributed by atoms with van der Waals surface area (Å²) in [6.45, 7) is 0.106.